The van der Waals surface area contributed by atoms with Gasteiger partial charge in [0.2, 0.25) is 0 Å². The minimum Gasteiger partial charge on any atom is -0.379 e. The number of nitrogens with zero attached hydrogens (tertiary/aromatic N) is 5. The van der Waals surface area contributed by atoms with E-state index in [1.165, 1.54) is 11.3 Å². The zero-order valence-electron chi connectivity index (χ0n) is 20.0. The van der Waals surface area contributed by atoms with Crippen molar-refractivity contribution in [3.05, 3.63) is 90.4 Å². The van der Waals surface area contributed by atoms with Crippen molar-refractivity contribution in [2.45, 2.75) is 6.54 Å². The highest BCUT2D eigenvalue weighted by atomic mass is 32.1. The van der Waals surface area contributed by atoms with Crippen LogP contribution in [0.15, 0.2) is 79.3 Å². The van der Waals surface area contributed by atoms with Crippen LogP contribution in [0, 0.1) is 0 Å². The van der Waals surface area contributed by atoms with Gasteiger partial charge in [-0.1, -0.05) is 35.6 Å². The summed E-state index contributed by atoms with van der Waals surface area (Å²) in [4.78, 5) is 34.5. The van der Waals surface area contributed by atoms with E-state index < -0.39 is 0 Å². The molecule has 3 aromatic heterocycles. The summed E-state index contributed by atoms with van der Waals surface area (Å²) in [6.07, 6.45) is 5.30. The maximum atomic E-state index is 13.2. The molecule has 4 heterocycles. The molecule has 9 heteroatoms. The largest absolute Gasteiger partial charge is 0.379 e. The predicted molar refractivity (Wildman–Crippen MR) is 144 cm³/mol. The molecule has 1 aliphatic heterocycles. The Balaban J connectivity index is 1.24. The van der Waals surface area contributed by atoms with Gasteiger partial charge >= 0.3 is 0 Å². The monoisotopic (exact) mass is 508 g/mol. The average Bonchev–Trinajstić information content (AvgIpc) is 3.38. The van der Waals surface area contributed by atoms with Crippen molar-refractivity contribution in [2.75, 3.05) is 31.6 Å². The van der Waals surface area contributed by atoms with E-state index >= 15 is 0 Å². The number of para-hydroxylation sites is 1. The lowest BCUT2D eigenvalue weighted by molar-refractivity contribution is 0.0341. The number of hydrogen-bond acceptors (Lipinski definition) is 8. The molecule has 0 unspecified atom stereocenters. The van der Waals surface area contributed by atoms with E-state index in [1.54, 1.807) is 30.6 Å². The number of carbonyl (C=O) groups excluding carboxylic acids is 1. The molecule has 1 aliphatic rings. The number of hydrogen-bond donors (Lipinski definition) is 1. The second kappa shape index (κ2) is 10.5. The Hall–Kier alpha value is -4.05. The molecule has 2 aromatic carbocycles. The highest BCUT2D eigenvalue weighted by Crippen LogP contribution is 2.34. The molecule has 1 fully saturated rings. The van der Waals surface area contributed by atoms with E-state index in [2.05, 4.69) is 31.2 Å². The van der Waals surface area contributed by atoms with Gasteiger partial charge < -0.3 is 10.1 Å². The smallest absolute Gasteiger partial charge is 0.255 e. The number of aromatic nitrogens is 4. The van der Waals surface area contributed by atoms with Crippen molar-refractivity contribution in [1.82, 2.24) is 24.8 Å². The zero-order valence-corrected chi connectivity index (χ0v) is 20.8. The Morgan fingerprint density at radius 3 is 2.68 bits per heavy atom. The first-order valence-electron chi connectivity index (χ1n) is 12.1. The summed E-state index contributed by atoms with van der Waals surface area (Å²) in [5.41, 5.74) is 4.86. The van der Waals surface area contributed by atoms with E-state index in [-0.39, 0.29) is 5.91 Å². The number of ether oxygens (including phenoxy) is 1. The van der Waals surface area contributed by atoms with Crippen LogP contribution >= 0.6 is 11.3 Å². The highest BCUT2D eigenvalue weighted by Gasteiger charge is 2.16. The van der Waals surface area contributed by atoms with Crippen LogP contribution in [0.2, 0.25) is 0 Å². The van der Waals surface area contributed by atoms with Gasteiger partial charge in [-0.25, -0.2) is 19.9 Å². The van der Waals surface area contributed by atoms with Crippen LogP contribution in [0.25, 0.3) is 32.3 Å². The number of pyridine rings is 1. The standard InChI is InChI=1S/C28H24N6O2S/c35-26(21-6-3-5-20(16-21)25-29-9-4-10-30-25)32-23-8-2-1-7-22(23)27-33-24-15-19(17-31-28(24)37-27)18-34-11-13-36-14-12-34/h1-10,15-17H,11-14,18H2,(H,32,35). The summed E-state index contributed by atoms with van der Waals surface area (Å²) in [6, 6.07) is 18.9. The number of thiazole rings is 1. The number of rotatable bonds is 6. The maximum absolute atomic E-state index is 13.2. The number of amides is 1. The SMILES string of the molecule is O=C(Nc1ccccc1-c1nc2cc(CN3CCOCC3)cnc2s1)c1cccc(-c2ncccn2)c1. The molecule has 8 nitrogen and oxygen atoms in total. The van der Waals surface area contributed by atoms with Gasteiger partial charge in [-0.05, 0) is 42.0 Å². The predicted octanol–water partition coefficient (Wildman–Crippen LogP) is 4.90. The van der Waals surface area contributed by atoms with Gasteiger partial charge in [0.15, 0.2) is 5.82 Å². The Morgan fingerprint density at radius 2 is 1.81 bits per heavy atom. The van der Waals surface area contributed by atoms with Gasteiger partial charge in [-0.2, -0.15) is 0 Å². The fourth-order valence-electron chi connectivity index (χ4n) is 4.30. The minimum absolute atomic E-state index is 0.211. The van der Waals surface area contributed by atoms with E-state index in [0.29, 0.717) is 17.1 Å². The van der Waals surface area contributed by atoms with Gasteiger partial charge in [0.05, 0.1) is 18.9 Å². The quantitative estimate of drug-likeness (QED) is 0.349. The molecule has 1 saturated heterocycles. The zero-order chi connectivity index (χ0) is 25.0. The van der Waals surface area contributed by atoms with E-state index in [1.807, 2.05) is 42.6 Å². The molecule has 0 bridgehead atoms. The van der Waals surface area contributed by atoms with Crippen molar-refractivity contribution in [3.63, 3.8) is 0 Å². The van der Waals surface area contributed by atoms with Crippen LogP contribution in [0.1, 0.15) is 15.9 Å². The van der Waals surface area contributed by atoms with Crippen molar-refractivity contribution in [3.8, 4) is 22.0 Å². The summed E-state index contributed by atoms with van der Waals surface area (Å²) >= 11 is 1.52. The number of morpholine rings is 1. The molecule has 0 aliphatic carbocycles. The van der Waals surface area contributed by atoms with Crippen LogP contribution in [0.3, 0.4) is 0 Å². The van der Waals surface area contributed by atoms with Crippen molar-refractivity contribution in [1.29, 1.82) is 0 Å². The van der Waals surface area contributed by atoms with Crippen LogP contribution in [0.4, 0.5) is 5.69 Å². The third kappa shape index (κ3) is 5.24. The molecule has 0 radical (unpaired) electrons. The Labute approximate surface area is 218 Å². The lowest BCUT2D eigenvalue weighted by Gasteiger charge is -2.26. The fourth-order valence-corrected chi connectivity index (χ4v) is 5.23. The Kier molecular flexibility index (Phi) is 6.64. The second-order valence-electron chi connectivity index (χ2n) is 8.73. The number of anilines is 1. The molecule has 0 atom stereocenters. The first-order chi connectivity index (χ1) is 18.2. The number of fused-ring (bicyclic) bond motifs is 1. The second-order valence-corrected chi connectivity index (χ2v) is 9.71. The van der Waals surface area contributed by atoms with Crippen LogP contribution in [-0.2, 0) is 11.3 Å². The molecule has 5 aromatic rings. The normalized spacial score (nSPS) is 14.1. The van der Waals surface area contributed by atoms with Gasteiger partial charge in [0.25, 0.3) is 5.91 Å². The Morgan fingerprint density at radius 1 is 0.973 bits per heavy atom. The summed E-state index contributed by atoms with van der Waals surface area (Å²) in [7, 11) is 0. The number of benzene rings is 2. The van der Waals surface area contributed by atoms with Crippen LogP contribution in [0.5, 0.6) is 0 Å². The van der Waals surface area contributed by atoms with Gasteiger partial charge in [0.1, 0.15) is 15.4 Å². The maximum Gasteiger partial charge on any atom is 0.255 e. The first-order valence-corrected chi connectivity index (χ1v) is 12.9. The lowest BCUT2D eigenvalue weighted by Crippen LogP contribution is -2.35. The average molecular weight is 509 g/mol. The summed E-state index contributed by atoms with van der Waals surface area (Å²) < 4.78 is 5.45. The first kappa shape index (κ1) is 23.4. The highest BCUT2D eigenvalue weighted by molar-refractivity contribution is 7.21. The third-order valence-corrected chi connectivity index (χ3v) is 7.18. The topological polar surface area (TPSA) is 93.1 Å². The van der Waals surface area contributed by atoms with E-state index in [4.69, 9.17) is 9.72 Å². The van der Waals surface area contributed by atoms with Crippen molar-refractivity contribution < 1.29 is 9.53 Å². The molecule has 184 valence electrons. The minimum atomic E-state index is -0.211. The molecule has 1 amide bonds. The van der Waals surface area contributed by atoms with Gasteiger partial charge in [0, 0.05) is 54.9 Å². The lowest BCUT2D eigenvalue weighted by atomic mass is 10.1. The van der Waals surface area contributed by atoms with E-state index in [9.17, 15) is 4.79 Å². The fraction of sp³-hybridized carbons (Fsp3) is 0.179. The molecular formula is C28H24N6O2S. The van der Waals surface area contributed by atoms with Gasteiger partial charge in [-0.15, -0.1) is 0 Å². The summed E-state index contributed by atoms with van der Waals surface area (Å²) in [6.45, 7) is 4.22. The third-order valence-electron chi connectivity index (χ3n) is 6.17. The molecule has 1 N–H and O–H groups in total. The Bertz CT molecular complexity index is 1550. The van der Waals surface area contributed by atoms with Crippen molar-refractivity contribution in [2.24, 2.45) is 0 Å². The molecule has 37 heavy (non-hydrogen) atoms. The molecule has 0 spiro atoms. The number of carbonyl (C=O) groups is 1. The van der Waals surface area contributed by atoms with Gasteiger partial charge in [-0.3, -0.25) is 9.69 Å². The number of nitrogens with one attached hydrogen (secondary N) is 1. The molecular weight excluding hydrogens is 484 g/mol. The van der Waals surface area contributed by atoms with E-state index in [0.717, 1.165) is 64.9 Å². The van der Waals surface area contributed by atoms with Crippen LogP contribution in [-0.4, -0.2) is 57.0 Å². The summed E-state index contributed by atoms with van der Waals surface area (Å²) in [5, 5.41) is 3.88. The molecule has 0 saturated carbocycles. The summed E-state index contributed by atoms with van der Waals surface area (Å²) in [5.74, 6) is 0.366. The molecule has 6 rings (SSSR count). The van der Waals surface area contributed by atoms with Crippen molar-refractivity contribution >= 4 is 33.3 Å². The van der Waals surface area contributed by atoms with Crippen LogP contribution < -0.4 is 5.32 Å².